The Labute approximate surface area is 123 Å². The minimum Gasteiger partial charge on any atom is -0.324 e. The maximum Gasteiger partial charge on any atom is 0.321 e. The number of piperidine rings is 1. The summed E-state index contributed by atoms with van der Waals surface area (Å²) in [6, 6.07) is 2.80. The van der Waals surface area contributed by atoms with Crippen molar-refractivity contribution in [1.29, 1.82) is 0 Å². The number of urea groups is 1. The lowest BCUT2D eigenvalue weighted by Crippen LogP contribution is -2.44. The van der Waals surface area contributed by atoms with Gasteiger partial charge < -0.3 is 15.1 Å². The fourth-order valence-corrected chi connectivity index (χ4v) is 2.70. The topological polar surface area (TPSA) is 35.6 Å². The number of carbonyl (C=O) groups excluding carboxylic acids is 1. The van der Waals surface area contributed by atoms with Crippen LogP contribution in [-0.4, -0.2) is 49.6 Å². The molecular formula is C15H21F2N3O. The van der Waals surface area contributed by atoms with Crippen molar-refractivity contribution < 1.29 is 13.6 Å². The van der Waals surface area contributed by atoms with Crippen LogP contribution in [0, 0.1) is 17.6 Å². The van der Waals surface area contributed by atoms with Gasteiger partial charge >= 0.3 is 6.03 Å². The minimum atomic E-state index is -0.759. The molecule has 1 saturated heterocycles. The second kappa shape index (κ2) is 6.85. The first kappa shape index (κ1) is 15.7. The molecule has 116 valence electrons. The maximum atomic E-state index is 13.5. The van der Waals surface area contributed by atoms with Crippen LogP contribution in [0.25, 0.3) is 0 Å². The number of nitrogens with zero attached hydrogens (tertiary/aromatic N) is 2. The molecule has 6 heteroatoms. The average Bonchev–Trinajstić information content (AvgIpc) is 2.41. The zero-order valence-electron chi connectivity index (χ0n) is 12.4. The lowest BCUT2D eigenvalue weighted by molar-refractivity contribution is 0.162. The van der Waals surface area contributed by atoms with Crippen LogP contribution in [0.2, 0.25) is 0 Å². The zero-order valence-corrected chi connectivity index (χ0v) is 12.4. The highest BCUT2D eigenvalue weighted by molar-refractivity contribution is 5.89. The number of hydrogen-bond donors (Lipinski definition) is 1. The van der Waals surface area contributed by atoms with Crippen molar-refractivity contribution in [2.75, 3.05) is 39.0 Å². The van der Waals surface area contributed by atoms with E-state index in [1.807, 2.05) is 14.1 Å². The van der Waals surface area contributed by atoms with Crippen molar-refractivity contribution in [3.63, 3.8) is 0 Å². The summed E-state index contributed by atoms with van der Waals surface area (Å²) >= 11 is 0. The Morgan fingerprint density at radius 2 is 2.19 bits per heavy atom. The SMILES string of the molecule is CN(C)CC1CCCN(C(=O)Nc2ccc(F)cc2F)C1. The number of carbonyl (C=O) groups is 1. The predicted octanol–water partition coefficient (Wildman–Crippen LogP) is 2.77. The Morgan fingerprint density at radius 3 is 2.86 bits per heavy atom. The number of hydrogen-bond acceptors (Lipinski definition) is 2. The summed E-state index contributed by atoms with van der Waals surface area (Å²) in [6.07, 6.45) is 2.03. The lowest BCUT2D eigenvalue weighted by Gasteiger charge is -2.34. The number of anilines is 1. The molecule has 0 aromatic heterocycles. The molecule has 1 N–H and O–H groups in total. The third kappa shape index (κ3) is 4.39. The summed E-state index contributed by atoms with van der Waals surface area (Å²) in [7, 11) is 4.01. The molecule has 0 radical (unpaired) electrons. The predicted molar refractivity (Wildman–Crippen MR) is 78.2 cm³/mol. The van der Waals surface area contributed by atoms with Crippen LogP contribution in [0.4, 0.5) is 19.3 Å². The highest BCUT2D eigenvalue weighted by Gasteiger charge is 2.24. The fraction of sp³-hybridized carbons (Fsp3) is 0.533. The molecule has 4 nitrogen and oxygen atoms in total. The number of nitrogens with one attached hydrogen (secondary N) is 1. The van der Waals surface area contributed by atoms with E-state index in [2.05, 4.69) is 10.2 Å². The molecular weight excluding hydrogens is 276 g/mol. The number of benzene rings is 1. The monoisotopic (exact) mass is 297 g/mol. The zero-order chi connectivity index (χ0) is 15.4. The third-order valence-corrected chi connectivity index (χ3v) is 3.60. The lowest BCUT2D eigenvalue weighted by atomic mass is 9.98. The Kier molecular flexibility index (Phi) is 5.12. The van der Waals surface area contributed by atoms with Gasteiger partial charge in [-0.15, -0.1) is 0 Å². The van der Waals surface area contributed by atoms with Crippen molar-refractivity contribution in [2.24, 2.45) is 5.92 Å². The first-order valence-corrected chi connectivity index (χ1v) is 7.11. The molecule has 2 rings (SSSR count). The summed E-state index contributed by atoms with van der Waals surface area (Å²) < 4.78 is 26.4. The van der Waals surface area contributed by atoms with E-state index < -0.39 is 11.6 Å². The minimum absolute atomic E-state index is 0.0103. The van der Waals surface area contributed by atoms with Crippen molar-refractivity contribution in [3.8, 4) is 0 Å². The standard InChI is InChI=1S/C15H21F2N3O/c1-19(2)9-11-4-3-7-20(10-11)15(21)18-14-6-5-12(16)8-13(14)17/h5-6,8,11H,3-4,7,9-10H2,1-2H3,(H,18,21). The Hall–Kier alpha value is -1.69. The van der Waals surface area contributed by atoms with Crippen LogP contribution in [0.3, 0.4) is 0 Å². The van der Waals surface area contributed by atoms with Gasteiger partial charge in [0, 0.05) is 25.7 Å². The molecule has 1 aromatic carbocycles. The molecule has 1 aliphatic heterocycles. The van der Waals surface area contributed by atoms with Gasteiger partial charge in [0.15, 0.2) is 0 Å². The van der Waals surface area contributed by atoms with Gasteiger partial charge in [-0.1, -0.05) is 0 Å². The molecule has 1 unspecified atom stereocenters. The second-order valence-corrected chi connectivity index (χ2v) is 5.77. The average molecular weight is 297 g/mol. The largest absolute Gasteiger partial charge is 0.324 e. The molecule has 0 spiro atoms. The smallest absolute Gasteiger partial charge is 0.321 e. The number of likely N-dealkylation sites (tertiary alicyclic amines) is 1. The van der Waals surface area contributed by atoms with Crippen molar-refractivity contribution in [3.05, 3.63) is 29.8 Å². The van der Waals surface area contributed by atoms with E-state index in [9.17, 15) is 13.6 Å². The maximum absolute atomic E-state index is 13.5. The van der Waals surface area contributed by atoms with Gasteiger partial charge in [-0.25, -0.2) is 13.6 Å². The molecule has 1 aliphatic rings. The highest BCUT2D eigenvalue weighted by Crippen LogP contribution is 2.20. The van der Waals surface area contributed by atoms with Crippen molar-refractivity contribution in [1.82, 2.24) is 9.80 Å². The van der Waals surface area contributed by atoms with Crippen LogP contribution in [0.15, 0.2) is 18.2 Å². The Bertz CT molecular complexity index is 508. The van der Waals surface area contributed by atoms with E-state index in [1.54, 1.807) is 4.90 Å². The molecule has 0 saturated carbocycles. The fourth-order valence-electron chi connectivity index (χ4n) is 2.70. The van der Waals surface area contributed by atoms with Gasteiger partial charge in [-0.05, 0) is 45.0 Å². The molecule has 1 aromatic rings. The molecule has 1 heterocycles. The van der Waals surface area contributed by atoms with Gasteiger partial charge in [0.1, 0.15) is 11.6 Å². The molecule has 0 aliphatic carbocycles. The molecule has 21 heavy (non-hydrogen) atoms. The van der Waals surface area contributed by atoms with E-state index in [0.717, 1.165) is 31.5 Å². The Balaban J connectivity index is 1.96. The molecule has 2 amide bonds. The van der Waals surface area contributed by atoms with E-state index in [-0.39, 0.29) is 11.7 Å². The summed E-state index contributed by atoms with van der Waals surface area (Å²) in [5.74, 6) is -0.989. The van der Waals surface area contributed by atoms with Crippen molar-refractivity contribution >= 4 is 11.7 Å². The molecule has 1 fully saturated rings. The normalized spacial score (nSPS) is 18.9. The number of rotatable bonds is 3. The number of amides is 2. The quantitative estimate of drug-likeness (QED) is 0.931. The van der Waals surface area contributed by atoms with Gasteiger partial charge in [0.25, 0.3) is 0 Å². The first-order chi connectivity index (χ1) is 9.95. The third-order valence-electron chi connectivity index (χ3n) is 3.60. The second-order valence-electron chi connectivity index (χ2n) is 5.77. The summed E-state index contributed by atoms with van der Waals surface area (Å²) in [5, 5.41) is 2.51. The van der Waals surface area contributed by atoms with E-state index in [1.165, 1.54) is 6.07 Å². The van der Waals surface area contributed by atoms with E-state index >= 15 is 0 Å². The molecule has 0 bridgehead atoms. The van der Waals surface area contributed by atoms with Gasteiger partial charge in [-0.2, -0.15) is 0 Å². The molecule has 1 atom stereocenters. The van der Waals surface area contributed by atoms with Crippen LogP contribution >= 0.6 is 0 Å². The summed E-state index contributed by atoms with van der Waals surface area (Å²) in [6.45, 7) is 2.25. The highest BCUT2D eigenvalue weighted by atomic mass is 19.1. The summed E-state index contributed by atoms with van der Waals surface area (Å²) in [5.41, 5.74) is 0.0103. The first-order valence-electron chi connectivity index (χ1n) is 7.11. The van der Waals surface area contributed by atoms with E-state index in [4.69, 9.17) is 0 Å². The van der Waals surface area contributed by atoms with E-state index in [0.29, 0.717) is 19.0 Å². The van der Waals surface area contributed by atoms with Gasteiger partial charge in [-0.3, -0.25) is 0 Å². The van der Waals surface area contributed by atoms with Crippen LogP contribution in [0.1, 0.15) is 12.8 Å². The Morgan fingerprint density at radius 1 is 1.43 bits per heavy atom. The van der Waals surface area contributed by atoms with Crippen molar-refractivity contribution in [2.45, 2.75) is 12.8 Å². The number of halogens is 2. The van der Waals surface area contributed by atoms with Crippen LogP contribution in [0.5, 0.6) is 0 Å². The summed E-state index contributed by atoms with van der Waals surface area (Å²) in [4.78, 5) is 16.0. The van der Waals surface area contributed by atoms with Gasteiger partial charge in [0.05, 0.1) is 5.69 Å². The van der Waals surface area contributed by atoms with Crippen LogP contribution < -0.4 is 5.32 Å². The van der Waals surface area contributed by atoms with Crippen LogP contribution in [-0.2, 0) is 0 Å². The van der Waals surface area contributed by atoms with Gasteiger partial charge in [0.2, 0.25) is 0 Å².